The molecule has 1 atom stereocenters. The lowest BCUT2D eigenvalue weighted by atomic mass is 9.49. The van der Waals surface area contributed by atoms with E-state index in [1.54, 1.807) is 6.42 Å². The van der Waals surface area contributed by atoms with Crippen LogP contribution in [0.1, 0.15) is 39.0 Å². The topological polar surface area (TPSA) is 52.0 Å². The molecule has 98 valence electrons. The molecule has 17 heavy (non-hydrogen) atoms. The lowest BCUT2D eigenvalue weighted by Crippen LogP contribution is -2.49. The molecule has 0 heterocycles. The van der Waals surface area contributed by atoms with Gasteiger partial charge >= 0.3 is 0 Å². The molecule has 0 amide bonds. The van der Waals surface area contributed by atoms with Crippen molar-refractivity contribution in [1.29, 1.82) is 0 Å². The molecule has 4 rings (SSSR count). The van der Waals surface area contributed by atoms with Crippen molar-refractivity contribution in [1.82, 2.24) is 0 Å². The van der Waals surface area contributed by atoms with E-state index in [0.717, 1.165) is 48.6 Å². The molecule has 4 fully saturated rings. The van der Waals surface area contributed by atoms with Crippen molar-refractivity contribution in [2.45, 2.75) is 39.0 Å². The van der Waals surface area contributed by atoms with Crippen LogP contribution >= 0.6 is 0 Å². The van der Waals surface area contributed by atoms with Crippen molar-refractivity contribution in [3.05, 3.63) is 0 Å². The van der Waals surface area contributed by atoms with Gasteiger partial charge < -0.3 is 11.5 Å². The molecular formula is C15H28N2. The second kappa shape index (κ2) is 4.55. The number of rotatable bonds is 4. The molecular weight excluding hydrogens is 208 g/mol. The van der Waals surface area contributed by atoms with Gasteiger partial charge in [-0.05, 0) is 86.6 Å². The Kier molecular flexibility index (Phi) is 3.20. The Labute approximate surface area is 106 Å². The first kappa shape index (κ1) is 12.0. The van der Waals surface area contributed by atoms with Gasteiger partial charge in [0.2, 0.25) is 0 Å². The Bertz CT molecular complexity index is 244. The first-order valence-corrected chi connectivity index (χ1v) is 7.63. The summed E-state index contributed by atoms with van der Waals surface area (Å²) in [7, 11) is 0. The highest BCUT2D eigenvalue weighted by Crippen LogP contribution is 2.58. The van der Waals surface area contributed by atoms with Gasteiger partial charge in [-0.1, -0.05) is 6.92 Å². The fourth-order valence-corrected chi connectivity index (χ4v) is 5.67. The summed E-state index contributed by atoms with van der Waals surface area (Å²) in [6.45, 7) is 3.98. The van der Waals surface area contributed by atoms with Crippen molar-refractivity contribution in [2.75, 3.05) is 13.1 Å². The van der Waals surface area contributed by atoms with E-state index in [9.17, 15) is 0 Å². The SMILES string of the molecule is CC(C(CN)CN)C1C2CC3CC(C2)CC1C3. The van der Waals surface area contributed by atoms with Crippen molar-refractivity contribution >= 4 is 0 Å². The molecule has 4 aliphatic rings. The van der Waals surface area contributed by atoms with E-state index >= 15 is 0 Å². The van der Waals surface area contributed by atoms with Gasteiger partial charge in [0.1, 0.15) is 0 Å². The van der Waals surface area contributed by atoms with Gasteiger partial charge in [0.05, 0.1) is 0 Å². The minimum absolute atomic E-state index is 0.553. The standard InChI is InChI=1S/C15H28N2/c1-9(14(7-16)8-17)15-12-3-10-2-11(5-12)6-13(15)4-10/h9-15H,2-8,16-17H2,1H3. The normalized spacial score (nSPS) is 45.5. The van der Waals surface area contributed by atoms with Crippen LogP contribution in [0.15, 0.2) is 0 Å². The van der Waals surface area contributed by atoms with E-state index in [2.05, 4.69) is 6.92 Å². The zero-order chi connectivity index (χ0) is 12.0. The largest absolute Gasteiger partial charge is 0.330 e. The van der Waals surface area contributed by atoms with Gasteiger partial charge in [0.25, 0.3) is 0 Å². The number of hydrogen-bond donors (Lipinski definition) is 2. The van der Waals surface area contributed by atoms with Gasteiger partial charge in [-0.15, -0.1) is 0 Å². The summed E-state index contributed by atoms with van der Waals surface area (Å²) in [5.74, 6) is 6.44. The van der Waals surface area contributed by atoms with Gasteiger partial charge in [0, 0.05) is 0 Å². The molecule has 0 aliphatic heterocycles. The van der Waals surface area contributed by atoms with Gasteiger partial charge in [-0.25, -0.2) is 0 Å². The first-order valence-electron chi connectivity index (χ1n) is 7.63. The first-order chi connectivity index (χ1) is 8.22. The van der Waals surface area contributed by atoms with Crippen LogP contribution in [-0.4, -0.2) is 13.1 Å². The lowest BCUT2D eigenvalue weighted by Gasteiger charge is -2.57. The fraction of sp³-hybridized carbons (Fsp3) is 1.00. The third-order valence-electron chi connectivity index (χ3n) is 6.26. The van der Waals surface area contributed by atoms with Crippen LogP contribution in [0, 0.1) is 41.4 Å². The predicted molar refractivity (Wildman–Crippen MR) is 71.3 cm³/mol. The van der Waals surface area contributed by atoms with Crippen LogP contribution in [0.3, 0.4) is 0 Å². The quantitative estimate of drug-likeness (QED) is 0.786. The minimum Gasteiger partial charge on any atom is -0.330 e. The molecule has 4 aliphatic carbocycles. The molecule has 2 nitrogen and oxygen atoms in total. The lowest BCUT2D eigenvalue weighted by molar-refractivity contribution is -0.0676. The summed E-state index contributed by atoms with van der Waals surface area (Å²) in [5, 5.41) is 0. The Hall–Kier alpha value is -0.0800. The van der Waals surface area contributed by atoms with Gasteiger partial charge in [0.15, 0.2) is 0 Å². The van der Waals surface area contributed by atoms with E-state index in [4.69, 9.17) is 11.5 Å². The Balaban J connectivity index is 1.75. The highest BCUT2D eigenvalue weighted by atomic mass is 14.7. The smallest absolute Gasteiger partial charge is 0.00341 e. The van der Waals surface area contributed by atoms with Gasteiger partial charge in [-0.3, -0.25) is 0 Å². The van der Waals surface area contributed by atoms with E-state index in [1.807, 2.05) is 0 Å². The molecule has 0 aromatic heterocycles. The third-order valence-corrected chi connectivity index (χ3v) is 6.26. The van der Waals surface area contributed by atoms with E-state index in [0.29, 0.717) is 5.92 Å². The summed E-state index contributed by atoms with van der Waals surface area (Å²) < 4.78 is 0. The van der Waals surface area contributed by atoms with Crippen LogP contribution in [0.5, 0.6) is 0 Å². The Morgan fingerprint density at radius 2 is 1.35 bits per heavy atom. The van der Waals surface area contributed by atoms with E-state index in [1.165, 1.54) is 25.7 Å². The second-order valence-corrected chi connectivity index (χ2v) is 7.10. The summed E-state index contributed by atoms with van der Waals surface area (Å²) in [6, 6.07) is 0. The van der Waals surface area contributed by atoms with Crippen LogP contribution in [-0.2, 0) is 0 Å². The molecule has 2 heteroatoms. The number of hydrogen-bond acceptors (Lipinski definition) is 2. The molecule has 0 spiro atoms. The Morgan fingerprint density at radius 3 is 1.76 bits per heavy atom. The highest BCUT2D eigenvalue weighted by molar-refractivity contribution is 5.00. The molecule has 4 saturated carbocycles. The molecule has 4 N–H and O–H groups in total. The fourth-order valence-electron chi connectivity index (χ4n) is 5.67. The maximum Gasteiger partial charge on any atom is -0.00341 e. The van der Waals surface area contributed by atoms with Crippen molar-refractivity contribution < 1.29 is 0 Å². The zero-order valence-corrected chi connectivity index (χ0v) is 11.1. The average Bonchev–Trinajstić information content (AvgIpc) is 2.29. The molecule has 0 radical (unpaired) electrons. The summed E-state index contributed by atoms with van der Waals surface area (Å²) in [4.78, 5) is 0. The third kappa shape index (κ3) is 1.94. The highest BCUT2D eigenvalue weighted by Gasteiger charge is 2.50. The van der Waals surface area contributed by atoms with Crippen LogP contribution in [0.25, 0.3) is 0 Å². The summed E-state index contributed by atoms with van der Waals surface area (Å²) >= 11 is 0. The summed E-state index contributed by atoms with van der Waals surface area (Å²) in [5.41, 5.74) is 11.8. The Morgan fingerprint density at radius 1 is 0.882 bits per heavy atom. The molecule has 0 aromatic rings. The van der Waals surface area contributed by atoms with Crippen LogP contribution in [0.2, 0.25) is 0 Å². The van der Waals surface area contributed by atoms with Crippen molar-refractivity contribution in [3.63, 3.8) is 0 Å². The van der Waals surface area contributed by atoms with Gasteiger partial charge in [-0.2, -0.15) is 0 Å². The molecule has 1 unspecified atom stereocenters. The van der Waals surface area contributed by atoms with Crippen LogP contribution in [0.4, 0.5) is 0 Å². The van der Waals surface area contributed by atoms with E-state index in [-0.39, 0.29) is 0 Å². The summed E-state index contributed by atoms with van der Waals surface area (Å²) in [6.07, 6.45) is 7.62. The molecule has 0 aromatic carbocycles. The maximum atomic E-state index is 5.90. The predicted octanol–water partition coefficient (Wildman–Crippen LogP) is 2.23. The van der Waals surface area contributed by atoms with Crippen molar-refractivity contribution in [3.8, 4) is 0 Å². The zero-order valence-electron chi connectivity index (χ0n) is 11.1. The van der Waals surface area contributed by atoms with Crippen molar-refractivity contribution in [2.24, 2.45) is 52.9 Å². The molecule has 4 bridgehead atoms. The number of nitrogens with two attached hydrogens (primary N) is 2. The molecule has 0 saturated heterocycles. The maximum absolute atomic E-state index is 5.90. The second-order valence-electron chi connectivity index (χ2n) is 7.10. The van der Waals surface area contributed by atoms with Crippen LogP contribution < -0.4 is 11.5 Å². The minimum atomic E-state index is 0.553. The van der Waals surface area contributed by atoms with E-state index < -0.39 is 0 Å². The monoisotopic (exact) mass is 236 g/mol. The average molecular weight is 236 g/mol.